The van der Waals surface area contributed by atoms with Crippen LogP contribution in [0.25, 0.3) is 0 Å². The van der Waals surface area contributed by atoms with Crippen molar-refractivity contribution in [1.29, 1.82) is 0 Å². The Morgan fingerprint density at radius 1 is 1.18 bits per heavy atom. The van der Waals surface area contributed by atoms with Crippen LogP contribution < -0.4 is 0 Å². The first-order valence-electron chi connectivity index (χ1n) is 6.79. The number of ether oxygens (including phenoxy) is 1. The van der Waals surface area contributed by atoms with E-state index in [-0.39, 0.29) is 6.42 Å². The second kappa shape index (κ2) is 6.12. The molecule has 0 unspecified atom stereocenters. The smallest absolute Gasteiger partial charge is 0.250 e. The summed E-state index contributed by atoms with van der Waals surface area (Å²) < 4.78 is 31.8. The molecule has 0 spiro atoms. The molecule has 17 heavy (non-hydrogen) atoms. The minimum Gasteiger partial charge on any atom is -0.384 e. The van der Waals surface area contributed by atoms with Gasteiger partial charge in [-0.2, -0.15) is 0 Å². The van der Waals surface area contributed by atoms with Crippen LogP contribution in [0.5, 0.6) is 0 Å². The van der Waals surface area contributed by atoms with Crippen molar-refractivity contribution in [3.8, 4) is 0 Å². The molecule has 0 amide bonds. The van der Waals surface area contributed by atoms with Gasteiger partial charge in [-0.1, -0.05) is 26.7 Å². The second-order valence-corrected chi connectivity index (χ2v) is 5.91. The van der Waals surface area contributed by atoms with Gasteiger partial charge in [0.25, 0.3) is 0 Å². The maximum atomic E-state index is 13.3. The fraction of sp³-hybridized carbons (Fsp3) is 1.00. The Kier molecular flexibility index (Phi) is 5.36. The van der Waals surface area contributed by atoms with Crippen molar-refractivity contribution in [1.82, 2.24) is 0 Å². The lowest BCUT2D eigenvalue weighted by Gasteiger charge is -2.20. The van der Waals surface area contributed by atoms with Gasteiger partial charge in [0.1, 0.15) is 0 Å². The molecule has 0 aliphatic heterocycles. The van der Waals surface area contributed by atoms with Gasteiger partial charge in [-0.3, -0.25) is 0 Å². The van der Waals surface area contributed by atoms with Crippen LogP contribution in [0.4, 0.5) is 8.78 Å². The molecule has 0 bridgehead atoms. The van der Waals surface area contributed by atoms with Crippen LogP contribution in [0.1, 0.15) is 58.8 Å². The molecule has 1 saturated carbocycles. The quantitative estimate of drug-likeness (QED) is 0.539. The number of unbranched alkanes of at least 4 members (excludes halogenated alkanes) is 2. The molecule has 102 valence electrons. The van der Waals surface area contributed by atoms with E-state index in [9.17, 15) is 8.78 Å². The summed E-state index contributed by atoms with van der Waals surface area (Å²) >= 11 is 0. The SMILES string of the molecule is COCC1(CCCCCC(F)(F)C(C)C)CC1. The molecule has 0 aromatic carbocycles. The highest BCUT2D eigenvalue weighted by Gasteiger charge is 2.41. The van der Waals surface area contributed by atoms with Gasteiger partial charge in [0.05, 0.1) is 6.61 Å². The Morgan fingerprint density at radius 3 is 2.29 bits per heavy atom. The van der Waals surface area contributed by atoms with Crippen LogP contribution in [0, 0.1) is 11.3 Å². The van der Waals surface area contributed by atoms with Crippen molar-refractivity contribution in [2.75, 3.05) is 13.7 Å². The molecular weight excluding hydrogens is 222 g/mol. The Hall–Kier alpha value is -0.180. The number of hydrogen-bond donors (Lipinski definition) is 0. The van der Waals surface area contributed by atoms with Crippen LogP contribution in [-0.4, -0.2) is 19.6 Å². The zero-order valence-corrected chi connectivity index (χ0v) is 11.4. The molecule has 0 saturated heterocycles. The van der Waals surface area contributed by atoms with Gasteiger partial charge in [-0.05, 0) is 31.1 Å². The lowest BCUT2D eigenvalue weighted by molar-refractivity contribution is -0.0541. The van der Waals surface area contributed by atoms with Crippen molar-refractivity contribution in [3.05, 3.63) is 0 Å². The molecule has 1 rings (SSSR count). The predicted octanol–water partition coefficient (Wildman–Crippen LogP) is 4.65. The van der Waals surface area contributed by atoms with Crippen molar-refractivity contribution in [3.63, 3.8) is 0 Å². The molecule has 3 heteroatoms. The molecule has 0 atom stereocenters. The van der Waals surface area contributed by atoms with E-state index in [1.54, 1.807) is 21.0 Å². The van der Waals surface area contributed by atoms with E-state index in [1.807, 2.05) is 0 Å². The Bertz CT molecular complexity index is 222. The van der Waals surface area contributed by atoms with Gasteiger partial charge in [0.15, 0.2) is 0 Å². The zero-order chi connectivity index (χ0) is 12.9. The summed E-state index contributed by atoms with van der Waals surface area (Å²) in [4.78, 5) is 0. The van der Waals surface area contributed by atoms with E-state index in [4.69, 9.17) is 4.74 Å². The van der Waals surface area contributed by atoms with Gasteiger partial charge in [-0.15, -0.1) is 0 Å². The number of rotatable bonds is 9. The van der Waals surface area contributed by atoms with E-state index in [0.717, 1.165) is 25.9 Å². The number of hydrogen-bond acceptors (Lipinski definition) is 1. The largest absolute Gasteiger partial charge is 0.384 e. The molecule has 0 aromatic heterocycles. The van der Waals surface area contributed by atoms with Crippen molar-refractivity contribution < 1.29 is 13.5 Å². The van der Waals surface area contributed by atoms with Gasteiger partial charge in [0.2, 0.25) is 5.92 Å². The predicted molar refractivity (Wildman–Crippen MR) is 66.4 cm³/mol. The van der Waals surface area contributed by atoms with Gasteiger partial charge >= 0.3 is 0 Å². The molecule has 1 nitrogen and oxygen atoms in total. The molecule has 1 fully saturated rings. The normalized spacial score (nSPS) is 18.7. The number of methoxy groups -OCH3 is 1. The van der Waals surface area contributed by atoms with E-state index in [1.165, 1.54) is 12.8 Å². The third kappa shape index (κ3) is 4.90. The Morgan fingerprint density at radius 2 is 1.82 bits per heavy atom. The topological polar surface area (TPSA) is 9.23 Å². The standard InChI is InChI=1S/C14H26F2O/c1-12(2)14(15,16)8-6-4-5-7-13(9-10-13)11-17-3/h12H,4-11H2,1-3H3. The summed E-state index contributed by atoms with van der Waals surface area (Å²) in [5.41, 5.74) is 0.412. The first kappa shape index (κ1) is 14.9. The van der Waals surface area contributed by atoms with Crippen LogP contribution in [0.2, 0.25) is 0 Å². The molecule has 1 aliphatic rings. The Labute approximate surface area is 104 Å². The van der Waals surface area contributed by atoms with Gasteiger partial charge < -0.3 is 4.74 Å². The fourth-order valence-electron chi connectivity index (χ4n) is 2.28. The van der Waals surface area contributed by atoms with Crippen molar-refractivity contribution >= 4 is 0 Å². The third-order valence-corrected chi connectivity index (χ3v) is 3.97. The summed E-state index contributed by atoms with van der Waals surface area (Å²) in [6, 6.07) is 0. The van der Waals surface area contributed by atoms with Crippen molar-refractivity contribution in [2.45, 2.75) is 64.7 Å². The Balaban J connectivity index is 2.05. The lowest BCUT2D eigenvalue weighted by Crippen LogP contribution is -2.23. The summed E-state index contributed by atoms with van der Waals surface area (Å²) in [6.45, 7) is 4.03. The molecule has 0 aromatic rings. The van der Waals surface area contributed by atoms with E-state index in [0.29, 0.717) is 11.8 Å². The van der Waals surface area contributed by atoms with E-state index in [2.05, 4.69) is 0 Å². The third-order valence-electron chi connectivity index (χ3n) is 3.97. The van der Waals surface area contributed by atoms with Crippen LogP contribution in [-0.2, 0) is 4.74 Å². The fourth-order valence-corrected chi connectivity index (χ4v) is 2.28. The highest BCUT2D eigenvalue weighted by Crippen LogP contribution is 2.50. The zero-order valence-electron chi connectivity index (χ0n) is 11.4. The molecule has 1 aliphatic carbocycles. The van der Waals surface area contributed by atoms with E-state index >= 15 is 0 Å². The maximum absolute atomic E-state index is 13.3. The highest BCUT2D eigenvalue weighted by molar-refractivity contribution is 4.92. The maximum Gasteiger partial charge on any atom is 0.250 e. The average Bonchev–Trinajstić information content (AvgIpc) is 2.98. The lowest BCUT2D eigenvalue weighted by atomic mass is 9.96. The van der Waals surface area contributed by atoms with Crippen LogP contribution in [0.15, 0.2) is 0 Å². The molecule has 0 radical (unpaired) electrons. The van der Waals surface area contributed by atoms with Crippen LogP contribution in [0.3, 0.4) is 0 Å². The average molecular weight is 248 g/mol. The minimum absolute atomic E-state index is 0.0436. The number of alkyl halides is 2. The van der Waals surface area contributed by atoms with Gasteiger partial charge in [0, 0.05) is 19.4 Å². The van der Waals surface area contributed by atoms with Crippen LogP contribution >= 0.6 is 0 Å². The summed E-state index contributed by atoms with van der Waals surface area (Å²) in [5.74, 6) is -3.02. The van der Waals surface area contributed by atoms with Crippen molar-refractivity contribution in [2.24, 2.45) is 11.3 Å². The molecule has 0 heterocycles. The first-order chi connectivity index (χ1) is 7.92. The summed E-state index contributed by atoms with van der Waals surface area (Å²) in [5, 5.41) is 0. The number of halogens is 2. The second-order valence-electron chi connectivity index (χ2n) is 5.91. The molecule has 0 N–H and O–H groups in total. The van der Waals surface area contributed by atoms with Gasteiger partial charge in [-0.25, -0.2) is 8.78 Å². The van der Waals surface area contributed by atoms with E-state index < -0.39 is 11.8 Å². The summed E-state index contributed by atoms with van der Waals surface area (Å²) in [6.07, 6.45) is 6.33. The summed E-state index contributed by atoms with van der Waals surface area (Å²) in [7, 11) is 1.74. The highest BCUT2D eigenvalue weighted by atomic mass is 19.3. The minimum atomic E-state index is -2.48. The monoisotopic (exact) mass is 248 g/mol. The molecular formula is C14H26F2O. The first-order valence-corrected chi connectivity index (χ1v) is 6.79.